The zero-order valence-electron chi connectivity index (χ0n) is 13.0. The van der Waals surface area contributed by atoms with Crippen LogP contribution in [0.5, 0.6) is 0 Å². The summed E-state index contributed by atoms with van der Waals surface area (Å²) in [5.41, 5.74) is 1.31. The van der Waals surface area contributed by atoms with Crippen molar-refractivity contribution in [3.05, 3.63) is 46.0 Å². The number of hydrogen-bond acceptors (Lipinski definition) is 3. The highest BCUT2D eigenvalue weighted by Crippen LogP contribution is 2.23. The molecule has 1 saturated carbocycles. The molecular formula is C17H21N3O2. The minimum Gasteiger partial charge on any atom is -0.349 e. The van der Waals surface area contributed by atoms with E-state index in [4.69, 9.17) is 0 Å². The third-order valence-corrected chi connectivity index (χ3v) is 4.37. The Morgan fingerprint density at radius 2 is 2.18 bits per heavy atom. The van der Waals surface area contributed by atoms with Crippen LogP contribution in [-0.4, -0.2) is 21.3 Å². The number of nitrogens with one attached hydrogen (secondary N) is 1. The molecule has 1 aliphatic rings. The third-order valence-electron chi connectivity index (χ3n) is 4.37. The number of aryl methyl sites for hydroxylation is 1. The van der Waals surface area contributed by atoms with Crippen LogP contribution in [0.3, 0.4) is 0 Å². The first kappa shape index (κ1) is 14.8. The first-order chi connectivity index (χ1) is 10.5. The largest absolute Gasteiger partial charge is 0.349 e. The van der Waals surface area contributed by atoms with Crippen molar-refractivity contribution in [2.75, 3.05) is 0 Å². The quantitative estimate of drug-likeness (QED) is 0.925. The smallest absolute Gasteiger partial charge is 0.270 e. The van der Waals surface area contributed by atoms with E-state index >= 15 is 0 Å². The lowest BCUT2D eigenvalue weighted by molar-refractivity contribution is 0.0919. The van der Waals surface area contributed by atoms with Crippen LogP contribution in [0.25, 0.3) is 5.65 Å². The van der Waals surface area contributed by atoms with Crippen LogP contribution in [-0.2, 0) is 0 Å². The predicted molar refractivity (Wildman–Crippen MR) is 85.1 cm³/mol. The average molecular weight is 299 g/mol. The Hall–Kier alpha value is -2.17. The average Bonchev–Trinajstić information content (AvgIpc) is 2.48. The van der Waals surface area contributed by atoms with Gasteiger partial charge >= 0.3 is 0 Å². The molecule has 2 aromatic rings. The second kappa shape index (κ2) is 5.91. The number of hydrogen-bond donors (Lipinski definition) is 1. The number of nitrogens with zero attached hydrogens (tertiary/aromatic N) is 2. The van der Waals surface area contributed by atoms with Crippen LogP contribution in [0.2, 0.25) is 0 Å². The van der Waals surface area contributed by atoms with Gasteiger partial charge in [0.15, 0.2) is 0 Å². The molecule has 2 unspecified atom stereocenters. The molecule has 1 amide bonds. The number of carbonyl (C=O) groups excluding carboxylic acids is 1. The van der Waals surface area contributed by atoms with E-state index in [1.807, 2.05) is 13.0 Å². The SMILES string of the molecule is Cc1ccc2ncc(C(=O)NC3CCCC(C)C3)c(=O)n2c1. The lowest BCUT2D eigenvalue weighted by Crippen LogP contribution is -2.40. The van der Waals surface area contributed by atoms with E-state index in [0.29, 0.717) is 11.6 Å². The second-order valence-electron chi connectivity index (χ2n) is 6.35. The maximum absolute atomic E-state index is 12.5. The fourth-order valence-corrected chi connectivity index (χ4v) is 3.17. The van der Waals surface area contributed by atoms with E-state index in [0.717, 1.165) is 24.8 Å². The molecule has 5 heteroatoms. The van der Waals surface area contributed by atoms with Crippen molar-refractivity contribution in [2.45, 2.75) is 45.6 Å². The molecule has 2 heterocycles. The molecule has 1 N–H and O–H groups in total. The topological polar surface area (TPSA) is 63.5 Å². The van der Waals surface area contributed by atoms with Crippen LogP contribution in [0.4, 0.5) is 0 Å². The minimum absolute atomic E-state index is 0.112. The summed E-state index contributed by atoms with van der Waals surface area (Å²) in [5, 5.41) is 2.99. The summed E-state index contributed by atoms with van der Waals surface area (Å²) in [6.45, 7) is 4.11. The van der Waals surface area contributed by atoms with Crippen molar-refractivity contribution >= 4 is 11.6 Å². The summed E-state index contributed by atoms with van der Waals surface area (Å²) >= 11 is 0. The highest BCUT2D eigenvalue weighted by atomic mass is 16.2. The first-order valence-electron chi connectivity index (χ1n) is 7.83. The molecular weight excluding hydrogens is 278 g/mol. The van der Waals surface area contributed by atoms with Crippen molar-refractivity contribution in [3.8, 4) is 0 Å². The molecule has 5 nitrogen and oxygen atoms in total. The second-order valence-corrected chi connectivity index (χ2v) is 6.35. The van der Waals surface area contributed by atoms with Gasteiger partial charge in [0.05, 0.1) is 0 Å². The molecule has 0 spiro atoms. The Morgan fingerprint density at radius 1 is 1.36 bits per heavy atom. The van der Waals surface area contributed by atoms with Gasteiger partial charge in [-0.15, -0.1) is 0 Å². The summed E-state index contributed by atoms with van der Waals surface area (Å²) in [5.74, 6) is 0.310. The van der Waals surface area contributed by atoms with Gasteiger partial charge in [0.2, 0.25) is 0 Å². The molecule has 0 saturated heterocycles. The zero-order chi connectivity index (χ0) is 15.7. The molecule has 3 rings (SSSR count). The summed E-state index contributed by atoms with van der Waals surface area (Å²) < 4.78 is 1.44. The van der Waals surface area contributed by atoms with Gasteiger partial charge in [-0.3, -0.25) is 14.0 Å². The number of rotatable bonds is 2. The van der Waals surface area contributed by atoms with E-state index in [1.165, 1.54) is 17.0 Å². The van der Waals surface area contributed by atoms with Crippen LogP contribution in [0.1, 0.15) is 48.5 Å². The fourth-order valence-electron chi connectivity index (χ4n) is 3.17. The van der Waals surface area contributed by atoms with Gasteiger partial charge in [-0.2, -0.15) is 0 Å². The Kier molecular flexibility index (Phi) is 3.96. The molecule has 0 bridgehead atoms. The maximum Gasteiger partial charge on any atom is 0.270 e. The van der Waals surface area contributed by atoms with Gasteiger partial charge in [-0.05, 0) is 37.3 Å². The molecule has 116 valence electrons. The van der Waals surface area contributed by atoms with Crippen molar-refractivity contribution in [3.63, 3.8) is 0 Å². The van der Waals surface area contributed by atoms with E-state index in [-0.39, 0.29) is 23.1 Å². The number of amides is 1. The molecule has 0 aromatic carbocycles. The van der Waals surface area contributed by atoms with Gasteiger partial charge in [-0.1, -0.05) is 25.8 Å². The minimum atomic E-state index is -0.312. The number of fused-ring (bicyclic) bond motifs is 1. The van der Waals surface area contributed by atoms with Gasteiger partial charge < -0.3 is 5.32 Å². The lowest BCUT2D eigenvalue weighted by Gasteiger charge is -2.27. The van der Waals surface area contributed by atoms with Crippen LogP contribution in [0.15, 0.2) is 29.3 Å². The third kappa shape index (κ3) is 2.89. The number of aromatic nitrogens is 2. The number of pyridine rings is 1. The van der Waals surface area contributed by atoms with Gasteiger partial charge in [0.1, 0.15) is 11.2 Å². The number of carbonyl (C=O) groups is 1. The fraction of sp³-hybridized carbons (Fsp3) is 0.471. The van der Waals surface area contributed by atoms with Crippen molar-refractivity contribution < 1.29 is 4.79 Å². The lowest BCUT2D eigenvalue weighted by atomic mass is 9.87. The Morgan fingerprint density at radius 3 is 2.95 bits per heavy atom. The Bertz CT molecular complexity index is 766. The highest BCUT2D eigenvalue weighted by molar-refractivity contribution is 5.93. The predicted octanol–water partition coefficient (Wildman–Crippen LogP) is 2.31. The maximum atomic E-state index is 12.5. The van der Waals surface area contributed by atoms with Crippen LogP contribution >= 0.6 is 0 Å². The monoisotopic (exact) mass is 299 g/mol. The highest BCUT2D eigenvalue weighted by Gasteiger charge is 2.22. The standard InChI is InChI=1S/C17H21N3O2/c1-11-4-3-5-13(8-11)19-16(21)14-9-18-15-7-6-12(2)10-20(15)17(14)22/h6-7,9-11,13H,3-5,8H2,1-2H3,(H,19,21). The first-order valence-corrected chi connectivity index (χ1v) is 7.83. The van der Waals surface area contributed by atoms with E-state index in [1.54, 1.807) is 12.3 Å². The van der Waals surface area contributed by atoms with E-state index < -0.39 is 0 Å². The molecule has 1 aliphatic carbocycles. The summed E-state index contributed by atoms with van der Waals surface area (Å²) in [4.78, 5) is 29.1. The normalized spacial score (nSPS) is 21.7. The molecule has 22 heavy (non-hydrogen) atoms. The molecule has 2 atom stereocenters. The van der Waals surface area contributed by atoms with Crippen LogP contribution < -0.4 is 10.9 Å². The van der Waals surface area contributed by atoms with Crippen molar-refractivity contribution in [1.29, 1.82) is 0 Å². The molecule has 0 aliphatic heterocycles. The van der Waals surface area contributed by atoms with Crippen LogP contribution in [0, 0.1) is 12.8 Å². The zero-order valence-corrected chi connectivity index (χ0v) is 13.0. The molecule has 1 fully saturated rings. The van der Waals surface area contributed by atoms with Crippen molar-refractivity contribution in [2.24, 2.45) is 5.92 Å². The Balaban J connectivity index is 1.87. The van der Waals surface area contributed by atoms with Crippen molar-refractivity contribution in [1.82, 2.24) is 14.7 Å². The van der Waals surface area contributed by atoms with E-state index in [9.17, 15) is 9.59 Å². The van der Waals surface area contributed by atoms with Gasteiger partial charge in [0, 0.05) is 18.4 Å². The molecule has 0 radical (unpaired) electrons. The summed E-state index contributed by atoms with van der Waals surface area (Å²) in [6.07, 6.45) is 7.40. The Labute approximate surface area is 129 Å². The van der Waals surface area contributed by atoms with Gasteiger partial charge in [0.25, 0.3) is 11.5 Å². The van der Waals surface area contributed by atoms with E-state index in [2.05, 4.69) is 17.2 Å². The summed E-state index contributed by atoms with van der Waals surface area (Å²) in [7, 11) is 0. The molecule has 2 aromatic heterocycles. The summed E-state index contributed by atoms with van der Waals surface area (Å²) in [6, 6.07) is 3.83. The van der Waals surface area contributed by atoms with Gasteiger partial charge in [-0.25, -0.2) is 4.98 Å².